The number of methoxy groups -OCH3 is 1. The minimum Gasteiger partial charge on any atom is -0.497 e. The van der Waals surface area contributed by atoms with E-state index in [4.69, 9.17) is 9.84 Å². The largest absolute Gasteiger partial charge is 0.497 e. The van der Waals surface area contributed by atoms with Gasteiger partial charge in [0.1, 0.15) is 5.75 Å². The molecule has 5 heteroatoms. The minimum absolute atomic E-state index is 0.199. The SMILES string of the molecule is COc1ccc2c(c1)CCC[C@@H]2CC(=O)N1CCC[C@@H](CCC(=O)O)C1. The van der Waals surface area contributed by atoms with Crippen molar-refractivity contribution in [1.82, 2.24) is 4.90 Å². The number of carboxylic acid groups (broad SMARTS) is 1. The number of likely N-dealkylation sites (tertiary alicyclic amines) is 1. The number of carbonyl (C=O) groups is 2. The lowest BCUT2D eigenvalue weighted by Crippen LogP contribution is -2.40. The molecule has 26 heavy (non-hydrogen) atoms. The Morgan fingerprint density at radius 3 is 2.88 bits per heavy atom. The zero-order valence-corrected chi connectivity index (χ0v) is 15.6. The van der Waals surface area contributed by atoms with E-state index in [1.165, 1.54) is 11.1 Å². The van der Waals surface area contributed by atoms with Crippen LogP contribution in [0.15, 0.2) is 18.2 Å². The molecular weight excluding hydrogens is 330 g/mol. The molecule has 1 aliphatic heterocycles. The van der Waals surface area contributed by atoms with E-state index in [0.29, 0.717) is 25.3 Å². The third-order valence-electron chi connectivity index (χ3n) is 5.85. The Morgan fingerprint density at radius 2 is 2.12 bits per heavy atom. The summed E-state index contributed by atoms with van der Waals surface area (Å²) in [7, 11) is 1.68. The first-order chi connectivity index (χ1) is 12.6. The number of ether oxygens (including phenoxy) is 1. The summed E-state index contributed by atoms with van der Waals surface area (Å²) in [5.74, 6) is 0.970. The van der Waals surface area contributed by atoms with Gasteiger partial charge in [0.05, 0.1) is 7.11 Å². The average Bonchev–Trinajstić information content (AvgIpc) is 2.66. The van der Waals surface area contributed by atoms with Crippen molar-refractivity contribution in [3.8, 4) is 5.75 Å². The second-order valence-electron chi connectivity index (χ2n) is 7.64. The van der Waals surface area contributed by atoms with Crippen molar-refractivity contribution in [1.29, 1.82) is 0 Å². The Balaban J connectivity index is 1.61. The lowest BCUT2D eigenvalue weighted by molar-refractivity contribution is -0.137. The van der Waals surface area contributed by atoms with Gasteiger partial charge in [-0.05, 0) is 73.6 Å². The second kappa shape index (κ2) is 8.56. The van der Waals surface area contributed by atoms with Gasteiger partial charge in [-0.15, -0.1) is 0 Å². The number of amides is 1. The first-order valence-corrected chi connectivity index (χ1v) is 9.73. The summed E-state index contributed by atoms with van der Waals surface area (Å²) in [5.41, 5.74) is 2.61. The van der Waals surface area contributed by atoms with E-state index in [-0.39, 0.29) is 18.2 Å². The van der Waals surface area contributed by atoms with Crippen LogP contribution in [0.2, 0.25) is 0 Å². The summed E-state index contributed by atoms with van der Waals surface area (Å²) in [5, 5.41) is 8.88. The van der Waals surface area contributed by atoms with Crippen molar-refractivity contribution in [3.05, 3.63) is 29.3 Å². The molecule has 1 aliphatic carbocycles. The van der Waals surface area contributed by atoms with Gasteiger partial charge in [0, 0.05) is 25.9 Å². The third kappa shape index (κ3) is 4.57. The monoisotopic (exact) mass is 359 g/mol. The van der Waals surface area contributed by atoms with Gasteiger partial charge in [0.15, 0.2) is 0 Å². The number of fused-ring (bicyclic) bond motifs is 1. The molecule has 1 N–H and O–H groups in total. The van der Waals surface area contributed by atoms with Gasteiger partial charge >= 0.3 is 5.97 Å². The fourth-order valence-corrected chi connectivity index (χ4v) is 4.42. The Kier molecular flexibility index (Phi) is 6.17. The van der Waals surface area contributed by atoms with Gasteiger partial charge in [-0.2, -0.15) is 0 Å². The summed E-state index contributed by atoms with van der Waals surface area (Å²) >= 11 is 0. The van der Waals surface area contributed by atoms with E-state index >= 15 is 0 Å². The van der Waals surface area contributed by atoms with Crippen LogP contribution in [0, 0.1) is 5.92 Å². The molecule has 0 spiro atoms. The number of aryl methyl sites for hydroxylation is 1. The molecule has 0 saturated carbocycles. The first-order valence-electron chi connectivity index (χ1n) is 9.73. The molecule has 1 amide bonds. The van der Waals surface area contributed by atoms with Crippen molar-refractivity contribution in [2.45, 2.75) is 57.3 Å². The van der Waals surface area contributed by atoms with Crippen LogP contribution in [0.4, 0.5) is 0 Å². The normalized spacial score (nSPS) is 22.6. The maximum absolute atomic E-state index is 12.9. The van der Waals surface area contributed by atoms with E-state index in [9.17, 15) is 9.59 Å². The van der Waals surface area contributed by atoms with E-state index in [2.05, 4.69) is 12.1 Å². The third-order valence-corrected chi connectivity index (χ3v) is 5.85. The van der Waals surface area contributed by atoms with E-state index in [1.54, 1.807) is 7.11 Å². The molecule has 142 valence electrons. The molecule has 0 radical (unpaired) electrons. The Labute approximate surface area is 155 Å². The van der Waals surface area contributed by atoms with E-state index in [1.807, 2.05) is 11.0 Å². The fraction of sp³-hybridized carbons (Fsp3) is 0.619. The van der Waals surface area contributed by atoms with Crippen LogP contribution in [0.3, 0.4) is 0 Å². The standard InChI is InChI=1S/C21H29NO4/c1-26-18-8-9-19-16(12-18)5-2-6-17(19)13-20(23)22-11-3-4-15(14-22)7-10-21(24)25/h8-9,12,15,17H,2-7,10-11,13-14H2,1H3,(H,24,25)/t15-,17+/m0/s1. The highest BCUT2D eigenvalue weighted by molar-refractivity contribution is 5.77. The quantitative estimate of drug-likeness (QED) is 0.842. The van der Waals surface area contributed by atoms with Gasteiger partial charge in [-0.3, -0.25) is 9.59 Å². The van der Waals surface area contributed by atoms with Crippen LogP contribution >= 0.6 is 0 Å². The zero-order chi connectivity index (χ0) is 18.5. The highest BCUT2D eigenvalue weighted by Crippen LogP contribution is 2.36. The Hall–Kier alpha value is -2.04. The van der Waals surface area contributed by atoms with Crippen LogP contribution < -0.4 is 4.74 Å². The minimum atomic E-state index is -0.748. The van der Waals surface area contributed by atoms with Crippen LogP contribution in [0.25, 0.3) is 0 Å². The molecule has 0 unspecified atom stereocenters. The molecular formula is C21H29NO4. The second-order valence-corrected chi connectivity index (χ2v) is 7.64. The summed E-state index contributed by atoms with van der Waals surface area (Å²) in [6.45, 7) is 1.53. The molecule has 1 saturated heterocycles. The molecule has 1 aromatic rings. The van der Waals surface area contributed by atoms with E-state index in [0.717, 1.165) is 44.4 Å². The first kappa shape index (κ1) is 18.7. The number of hydrogen-bond acceptors (Lipinski definition) is 3. The average molecular weight is 359 g/mol. The zero-order valence-electron chi connectivity index (χ0n) is 15.6. The molecule has 3 rings (SSSR count). The maximum Gasteiger partial charge on any atom is 0.303 e. The summed E-state index contributed by atoms with van der Waals surface area (Å²) in [4.78, 5) is 25.6. The predicted molar refractivity (Wildman–Crippen MR) is 99.5 cm³/mol. The van der Waals surface area contributed by atoms with Crippen LogP contribution in [0.5, 0.6) is 5.75 Å². The number of hydrogen-bond donors (Lipinski definition) is 1. The fourth-order valence-electron chi connectivity index (χ4n) is 4.42. The highest BCUT2D eigenvalue weighted by atomic mass is 16.5. The van der Waals surface area contributed by atoms with Crippen molar-refractivity contribution < 1.29 is 19.4 Å². The number of carboxylic acids is 1. The van der Waals surface area contributed by atoms with Crippen LogP contribution in [-0.2, 0) is 16.0 Å². The van der Waals surface area contributed by atoms with E-state index < -0.39 is 5.97 Å². The maximum atomic E-state index is 12.9. The molecule has 5 nitrogen and oxygen atoms in total. The summed E-state index contributed by atoms with van der Waals surface area (Å²) < 4.78 is 5.33. The Morgan fingerprint density at radius 1 is 1.27 bits per heavy atom. The molecule has 1 heterocycles. The molecule has 1 fully saturated rings. The summed E-state index contributed by atoms with van der Waals surface area (Å²) in [6.07, 6.45) is 6.66. The number of benzene rings is 1. The number of piperidine rings is 1. The van der Waals surface area contributed by atoms with Gasteiger partial charge in [-0.1, -0.05) is 6.07 Å². The predicted octanol–water partition coefficient (Wildman–Crippen LogP) is 3.61. The van der Waals surface area contributed by atoms with Crippen molar-refractivity contribution >= 4 is 11.9 Å². The summed E-state index contributed by atoms with van der Waals surface area (Å²) in [6, 6.07) is 6.22. The van der Waals surface area contributed by atoms with Crippen LogP contribution in [-0.4, -0.2) is 42.1 Å². The lowest BCUT2D eigenvalue weighted by Gasteiger charge is -2.34. The number of rotatable bonds is 6. The number of carbonyl (C=O) groups excluding carboxylic acids is 1. The van der Waals surface area contributed by atoms with Gasteiger partial charge in [-0.25, -0.2) is 0 Å². The van der Waals surface area contributed by atoms with Crippen molar-refractivity contribution in [2.75, 3.05) is 20.2 Å². The number of nitrogens with zero attached hydrogens (tertiary/aromatic N) is 1. The van der Waals surface area contributed by atoms with Gasteiger partial charge in [0.2, 0.25) is 5.91 Å². The van der Waals surface area contributed by atoms with Crippen molar-refractivity contribution in [2.24, 2.45) is 5.92 Å². The van der Waals surface area contributed by atoms with Crippen molar-refractivity contribution in [3.63, 3.8) is 0 Å². The molecule has 2 aliphatic rings. The van der Waals surface area contributed by atoms with Gasteiger partial charge in [0.25, 0.3) is 0 Å². The highest BCUT2D eigenvalue weighted by Gasteiger charge is 2.28. The Bertz CT molecular complexity index is 657. The molecule has 2 atom stereocenters. The number of aliphatic carboxylic acids is 1. The molecule has 1 aromatic carbocycles. The lowest BCUT2D eigenvalue weighted by atomic mass is 9.80. The molecule has 0 bridgehead atoms. The van der Waals surface area contributed by atoms with Crippen LogP contribution in [0.1, 0.15) is 62.0 Å². The molecule has 0 aromatic heterocycles. The topological polar surface area (TPSA) is 66.8 Å². The van der Waals surface area contributed by atoms with Gasteiger partial charge < -0.3 is 14.7 Å². The smallest absolute Gasteiger partial charge is 0.303 e.